The van der Waals surface area contributed by atoms with Crippen LogP contribution >= 0.6 is 23.7 Å². The number of amides is 1. The van der Waals surface area contributed by atoms with E-state index < -0.39 is 6.04 Å². The number of nitrogens with one attached hydrogen (secondary N) is 1. The molecular formula is C11H20ClN3OS. The lowest BCUT2D eigenvalue weighted by Gasteiger charge is -2.12. The average Bonchev–Trinajstić information content (AvgIpc) is 2.64. The monoisotopic (exact) mass is 277 g/mol. The number of nitrogens with two attached hydrogens (primary N) is 1. The lowest BCUT2D eigenvalue weighted by Crippen LogP contribution is -2.36. The Balaban J connectivity index is 0.00000256. The normalized spacial score (nSPS) is 12.1. The van der Waals surface area contributed by atoms with Crippen molar-refractivity contribution in [2.45, 2.75) is 39.7 Å². The Morgan fingerprint density at radius 2 is 2.24 bits per heavy atom. The molecule has 0 aliphatic heterocycles. The van der Waals surface area contributed by atoms with Crippen molar-refractivity contribution in [3.05, 3.63) is 11.1 Å². The van der Waals surface area contributed by atoms with Gasteiger partial charge in [-0.1, -0.05) is 20.8 Å². The van der Waals surface area contributed by atoms with Crippen molar-refractivity contribution >= 4 is 34.8 Å². The minimum absolute atomic E-state index is 0. The van der Waals surface area contributed by atoms with Crippen molar-refractivity contribution in [2.75, 3.05) is 5.32 Å². The average molecular weight is 278 g/mol. The van der Waals surface area contributed by atoms with Gasteiger partial charge in [0.1, 0.15) is 0 Å². The number of rotatable bonds is 5. The third-order valence-electron chi connectivity index (χ3n) is 2.19. The van der Waals surface area contributed by atoms with Gasteiger partial charge in [0.05, 0.1) is 6.04 Å². The number of nitrogens with zero attached hydrogens (tertiary/aromatic N) is 1. The molecule has 3 N–H and O–H groups in total. The van der Waals surface area contributed by atoms with Gasteiger partial charge in [0.15, 0.2) is 5.13 Å². The quantitative estimate of drug-likeness (QED) is 0.869. The highest BCUT2D eigenvalue weighted by Gasteiger charge is 2.16. The van der Waals surface area contributed by atoms with E-state index in [-0.39, 0.29) is 18.3 Å². The van der Waals surface area contributed by atoms with Gasteiger partial charge in [-0.3, -0.25) is 4.79 Å². The number of aromatic nitrogens is 1. The molecule has 0 unspecified atom stereocenters. The SMILES string of the molecule is CCc1cnc(NC(=O)[C@@H](N)CC(C)C)s1.Cl. The van der Waals surface area contributed by atoms with Gasteiger partial charge in [0.2, 0.25) is 5.91 Å². The molecular weight excluding hydrogens is 258 g/mol. The van der Waals surface area contributed by atoms with E-state index in [1.165, 1.54) is 11.3 Å². The third-order valence-corrected chi connectivity index (χ3v) is 3.25. The summed E-state index contributed by atoms with van der Waals surface area (Å²) in [5.74, 6) is 0.272. The topological polar surface area (TPSA) is 68.0 Å². The summed E-state index contributed by atoms with van der Waals surface area (Å²) in [5, 5.41) is 3.39. The van der Waals surface area contributed by atoms with Crippen molar-refractivity contribution in [1.82, 2.24) is 4.98 Å². The van der Waals surface area contributed by atoms with Gasteiger partial charge in [-0.25, -0.2) is 4.98 Å². The molecule has 0 spiro atoms. The minimum atomic E-state index is -0.450. The first-order chi connectivity index (χ1) is 7.52. The predicted octanol–water partition coefficient (Wildman–Crippen LogP) is 2.44. The molecule has 4 nitrogen and oxygen atoms in total. The van der Waals surface area contributed by atoms with Crippen molar-refractivity contribution < 1.29 is 4.79 Å². The molecule has 98 valence electrons. The lowest BCUT2D eigenvalue weighted by atomic mass is 10.0. The summed E-state index contributed by atoms with van der Waals surface area (Å²) in [6.45, 7) is 6.15. The number of hydrogen-bond donors (Lipinski definition) is 2. The van der Waals surface area contributed by atoms with Crippen LogP contribution in [0.1, 0.15) is 32.1 Å². The molecule has 0 fully saturated rings. The molecule has 1 heterocycles. The largest absolute Gasteiger partial charge is 0.320 e. The van der Waals surface area contributed by atoms with Crippen LogP contribution in [-0.2, 0) is 11.2 Å². The number of halogens is 1. The van der Waals surface area contributed by atoms with Gasteiger partial charge in [0, 0.05) is 11.1 Å². The molecule has 1 rings (SSSR count). The van der Waals surface area contributed by atoms with Crippen LogP contribution in [0.15, 0.2) is 6.20 Å². The zero-order chi connectivity index (χ0) is 12.1. The number of carbonyl (C=O) groups is 1. The molecule has 0 radical (unpaired) electrons. The maximum absolute atomic E-state index is 11.7. The summed E-state index contributed by atoms with van der Waals surface area (Å²) >= 11 is 1.50. The van der Waals surface area contributed by atoms with Crippen LogP contribution in [0.5, 0.6) is 0 Å². The fourth-order valence-electron chi connectivity index (χ4n) is 1.34. The Morgan fingerprint density at radius 1 is 1.59 bits per heavy atom. The van der Waals surface area contributed by atoms with Crippen LogP contribution in [0.25, 0.3) is 0 Å². The molecule has 17 heavy (non-hydrogen) atoms. The second kappa shape index (κ2) is 7.63. The summed E-state index contributed by atoms with van der Waals surface area (Å²) in [6, 6.07) is -0.450. The number of thiazole rings is 1. The van der Waals surface area contributed by atoms with Gasteiger partial charge in [-0.05, 0) is 18.8 Å². The van der Waals surface area contributed by atoms with E-state index in [9.17, 15) is 4.79 Å². The summed E-state index contributed by atoms with van der Waals surface area (Å²) in [4.78, 5) is 17.0. The molecule has 0 bridgehead atoms. The van der Waals surface area contributed by atoms with Crippen LogP contribution in [-0.4, -0.2) is 16.9 Å². The van der Waals surface area contributed by atoms with E-state index >= 15 is 0 Å². The Morgan fingerprint density at radius 3 is 2.71 bits per heavy atom. The van der Waals surface area contributed by atoms with Crippen LogP contribution in [0.2, 0.25) is 0 Å². The zero-order valence-corrected chi connectivity index (χ0v) is 12.0. The summed E-state index contributed by atoms with van der Waals surface area (Å²) in [6.07, 6.45) is 3.41. The van der Waals surface area contributed by atoms with E-state index in [0.717, 1.165) is 11.3 Å². The molecule has 0 aromatic carbocycles. The van der Waals surface area contributed by atoms with E-state index in [0.29, 0.717) is 17.5 Å². The highest BCUT2D eigenvalue weighted by Crippen LogP contribution is 2.18. The van der Waals surface area contributed by atoms with Crippen LogP contribution in [0.3, 0.4) is 0 Å². The Labute approximate surface area is 112 Å². The molecule has 1 atom stereocenters. The van der Waals surface area contributed by atoms with Crippen molar-refractivity contribution in [2.24, 2.45) is 11.7 Å². The molecule has 1 aromatic rings. The molecule has 6 heteroatoms. The lowest BCUT2D eigenvalue weighted by molar-refractivity contribution is -0.117. The van der Waals surface area contributed by atoms with Crippen molar-refractivity contribution in [3.8, 4) is 0 Å². The molecule has 1 aromatic heterocycles. The smallest absolute Gasteiger partial charge is 0.243 e. The number of anilines is 1. The first-order valence-corrected chi connectivity index (χ1v) is 6.35. The van der Waals surface area contributed by atoms with E-state index in [2.05, 4.69) is 17.2 Å². The maximum Gasteiger partial charge on any atom is 0.243 e. The highest BCUT2D eigenvalue weighted by molar-refractivity contribution is 7.15. The number of aryl methyl sites for hydroxylation is 1. The molecule has 0 aliphatic rings. The van der Waals surface area contributed by atoms with E-state index in [4.69, 9.17) is 5.73 Å². The van der Waals surface area contributed by atoms with E-state index in [1.54, 1.807) is 6.20 Å². The maximum atomic E-state index is 11.7. The van der Waals surface area contributed by atoms with Gasteiger partial charge < -0.3 is 11.1 Å². The number of hydrogen-bond acceptors (Lipinski definition) is 4. The van der Waals surface area contributed by atoms with Crippen molar-refractivity contribution in [1.29, 1.82) is 0 Å². The van der Waals surface area contributed by atoms with Gasteiger partial charge in [0.25, 0.3) is 0 Å². The molecule has 0 aliphatic carbocycles. The fourth-order valence-corrected chi connectivity index (χ4v) is 2.10. The Bertz CT molecular complexity index is 354. The second-order valence-electron chi connectivity index (χ2n) is 4.21. The zero-order valence-electron chi connectivity index (χ0n) is 10.4. The minimum Gasteiger partial charge on any atom is -0.320 e. The second-order valence-corrected chi connectivity index (χ2v) is 5.33. The highest BCUT2D eigenvalue weighted by atomic mass is 35.5. The Hall–Kier alpha value is -0.650. The molecule has 0 saturated heterocycles. The number of carbonyl (C=O) groups excluding carboxylic acids is 1. The fraction of sp³-hybridized carbons (Fsp3) is 0.636. The third kappa shape index (κ3) is 5.48. The predicted molar refractivity (Wildman–Crippen MR) is 74.8 cm³/mol. The van der Waals surface area contributed by atoms with Crippen LogP contribution in [0, 0.1) is 5.92 Å². The molecule has 0 saturated carbocycles. The first kappa shape index (κ1) is 16.4. The Kier molecular flexibility index (Phi) is 7.34. The van der Waals surface area contributed by atoms with Gasteiger partial charge in [-0.2, -0.15) is 0 Å². The molecule has 1 amide bonds. The van der Waals surface area contributed by atoms with Crippen LogP contribution < -0.4 is 11.1 Å². The van der Waals surface area contributed by atoms with Gasteiger partial charge in [-0.15, -0.1) is 23.7 Å². The van der Waals surface area contributed by atoms with Gasteiger partial charge >= 0.3 is 0 Å². The van der Waals surface area contributed by atoms with Crippen LogP contribution in [0.4, 0.5) is 5.13 Å². The van der Waals surface area contributed by atoms with Crippen molar-refractivity contribution in [3.63, 3.8) is 0 Å². The summed E-state index contributed by atoms with van der Waals surface area (Å²) < 4.78 is 0. The first-order valence-electron chi connectivity index (χ1n) is 5.54. The summed E-state index contributed by atoms with van der Waals surface area (Å²) in [7, 11) is 0. The summed E-state index contributed by atoms with van der Waals surface area (Å²) in [5.41, 5.74) is 5.77. The standard InChI is InChI=1S/C11H19N3OS.ClH/c1-4-8-6-13-11(16-8)14-10(15)9(12)5-7(2)3;/h6-7,9H,4-5,12H2,1-3H3,(H,13,14,15);1H/t9-;/m0./s1. The van der Waals surface area contributed by atoms with E-state index in [1.807, 2.05) is 13.8 Å².